The van der Waals surface area contributed by atoms with Crippen molar-refractivity contribution in [2.45, 2.75) is 13.1 Å². The molecule has 6 nitrogen and oxygen atoms in total. The highest BCUT2D eigenvalue weighted by atomic mass is 32.1. The Hall–Kier alpha value is -1.60. The topological polar surface area (TPSA) is 55.2 Å². The summed E-state index contributed by atoms with van der Waals surface area (Å²) in [5.74, 6) is 0.709. The Morgan fingerprint density at radius 2 is 2.32 bits per heavy atom. The van der Waals surface area contributed by atoms with Crippen molar-refractivity contribution in [1.82, 2.24) is 20.1 Å². The number of methoxy groups -OCH3 is 1. The molecule has 0 fully saturated rings. The Bertz CT molecular complexity index is 494. The van der Waals surface area contributed by atoms with Gasteiger partial charge in [0, 0.05) is 39.6 Å². The van der Waals surface area contributed by atoms with Gasteiger partial charge in [-0.15, -0.1) is 0 Å². The first-order valence-electron chi connectivity index (χ1n) is 6.10. The molecular weight excluding hydrogens is 262 g/mol. The lowest BCUT2D eigenvalue weighted by atomic mass is 10.5. The highest BCUT2D eigenvalue weighted by Gasteiger charge is 2.12. The van der Waals surface area contributed by atoms with Crippen molar-refractivity contribution < 1.29 is 4.74 Å². The number of rotatable bonds is 7. The van der Waals surface area contributed by atoms with Crippen LogP contribution in [0.5, 0.6) is 5.88 Å². The minimum Gasteiger partial charge on any atom is -0.480 e. The lowest BCUT2D eigenvalue weighted by molar-refractivity contribution is 0.394. The number of aromatic nitrogens is 3. The maximum Gasteiger partial charge on any atom is 0.230 e. The van der Waals surface area contributed by atoms with Crippen LogP contribution in [-0.2, 0) is 13.1 Å². The number of thiazole rings is 1. The van der Waals surface area contributed by atoms with Crippen molar-refractivity contribution in [1.29, 1.82) is 0 Å². The molecule has 0 amide bonds. The molecule has 0 unspecified atom stereocenters. The number of hydrogen-bond acceptors (Lipinski definition) is 6. The van der Waals surface area contributed by atoms with Crippen molar-refractivity contribution in [3.05, 3.63) is 23.3 Å². The van der Waals surface area contributed by atoms with E-state index in [-0.39, 0.29) is 0 Å². The van der Waals surface area contributed by atoms with Gasteiger partial charge in [-0.1, -0.05) is 11.3 Å². The Labute approximate surface area is 117 Å². The van der Waals surface area contributed by atoms with Crippen LogP contribution in [0.4, 0.5) is 5.13 Å². The van der Waals surface area contributed by atoms with Crippen molar-refractivity contribution in [3.63, 3.8) is 0 Å². The Morgan fingerprint density at radius 3 is 2.95 bits per heavy atom. The van der Waals surface area contributed by atoms with E-state index in [4.69, 9.17) is 4.74 Å². The van der Waals surface area contributed by atoms with Crippen LogP contribution in [0.1, 0.15) is 4.88 Å². The highest BCUT2D eigenvalue weighted by molar-refractivity contribution is 7.15. The van der Waals surface area contributed by atoms with E-state index in [9.17, 15) is 0 Å². The third-order valence-electron chi connectivity index (χ3n) is 2.59. The number of anilines is 1. The fourth-order valence-corrected chi connectivity index (χ4v) is 2.54. The van der Waals surface area contributed by atoms with E-state index in [1.54, 1.807) is 24.6 Å². The van der Waals surface area contributed by atoms with E-state index >= 15 is 0 Å². The van der Waals surface area contributed by atoms with Crippen LogP contribution < -0.4 is 15.0 Å². The van der Waals surface area contributed by atoms with Gasteiger partial charge in [0.25, 0.3) is 0 Å². The molecule has 2 aromatic heterocycles. The molecule has 0 atom stereocenters. The van der Waals surface area contributed by atoms with Gasteiger partial charge in [-0.05, 0) is 6.07 Å². The van der Waals surface area contributed by atoms with E-state index in [2.05, 4.69) is 15.4 Å². The fraction of sp³-hybridized carbons (Fsp3) is 0.500. The summed E-state index contributed by atoms with van der Waals surface area (Å²) in [5, 5.41) is 8.49. The molecule has 2 heterocycles. The summed E-state index contributed by atoms with van der Waals surface area (Å²) >= 11 is 1.64. The fourth-order valence-electron chi connectivity index (χ4n) is 1.62. The average molecular weight is 281 g/mol. The molecule has 0 spiro atoms. The summed E-state index contributed by atoms with van der Waals surface area (Å²) in [6, 6.07) is 1.93. The minimum absolute atomic E-state index is 0.709. The highest BCUT2D eigenvalue weighted by Crippen LogP contribution is 2.29. The third kappa shape index (κ3) is 3.68. The van der Waals surface area contributed by atoms with Crippen LogP contribution in [0.2, 0.25) is 0 Å². The van der Waals surface area contributed by atoms with Crippen LogP contribution in [0.3, 0.4) is 0 Å². The largest absolute Gasteiger partial charge is 0.480 e. The van der Waals surface area contributed by atoms with Gasteiger partial charge in [0.05, 0.1) is 18.5 Å². The smallest absolute Gasteiger partial charge is 0.230 e. The van der Waals surface area contributed by atoms with Crippen molar-refractivity contribution in [3.8, 4) is 5.88 Å². The Kier molecular flexibility index (Phi) is 4.75. The van der Waals surface area contributed by atoms with Crippen LogP contribution in [-0.4, -0.2) is 42.5 Å². The number of nitrogens with zero attached hydrogens (tertiary/aromatic N) is 4. The van der Waals surface area contributed by atoms with Gasteiger partial charge in [0.15, 0.2) is 5.13 Å². The average Bonchev–Trinajstić information content (AvgIpc) is 3.03. The first kappa shape index (κ1) is 13.8. The molecule has 104 valence electrons. The summed E-state index contributed by atoms with van der Waals surface area (Å²) in [6.07, 6.45) is 3.74. The van der Waals surface area contributed by atoms with Gasteiger partial charge < -0.3 is 15.0 Å². The van der Waals surface area contributed by atoms with Crippen LogP contribution >= 0.6 is 11.3 Å². The molecule has 0 aliphatic rings. The second-order valence-corrected chi connectivity index (χ2v) is 5.33. The van der Waals surface area contributed by atoms with Crippen molar-refractivity contribution in [2.75, 3.05) is 32.6 Å². The third-order valence-corrected chi connectivity index (χ3v) is 3.79. The molecule has 0 radical (unpaired) electrons. The van der Waals surface area contributed by atoms with Gasteiger partial charge in [0.1, 0.15) is 0 Å². The second kappa shape index (κ2) is 6.53. The molecule has 0 aliphatic carbocycles. The summed E-state index contributed by atoms with van der Waals surface area (Å²) < 4.78 is 7.20. The molecule has 2 aromatic rings. The molecule has 0 saturated heterocycles. The summed E-state index contributed by atoms with van der Waals surface area (Å²) in [7, 11) is 5.61. The maximum absolute atomic E-state index is 5.29. The maximum atomic E-state index is 5.29. The Morgan fingerprint density at radius 1 is 1.47 bits per heavy atom. The molecule has 7 heteroatoms. The number of ether oxygens (including phenoxy) is 1. The quantitative estimate of drug-likeness (QED) is 0.773. The van der Waals surface area contributed by atoms with Crippen LogP contribution in [0.25, 0.3) is 0 Å². The molecule has 0 saturated carbocycles. The summed E-state index contributed by atoms with van der Waals surface area (Å²) in [5.41, 5.74) is 0. The zero-order valence-electron chi connectivity index (χ0n) is 11.5. The van der Waals surface area contributed by atoms with E-state index in [1.807, 2.05) is 35.9 Å². The monoisotopic (exact) mass is 281 g/mol. The van der Waals surface area contributed by atoms with E-state index in [0.717, 1.165) is 29.6 Å². The standard InChI is InChI=1S/C12H19N5OS/c1-16(2)12-15-11(18-3)10(19-12)9-13-6-8-17-7-4-5-14-17/h4-5,7,13H,6,8-9H2,1-3H3. The molecule has 0 aromatic carbocycles. The second-order valence-electron chi connectivity index (χ2n) is 4.27. The van der Waals surface area contributed by atoms with Crippen LogP contribution in [0, 0.1) is 0 Å². The molecule has 0 bridgehead atoms. The normalized spacial score (nSPS) is 10.7. The molecular formula is C12H19N5OS. The van der Waals surface area contributed by atoms with Crippen molar-refractivity contribution >= 4 is 16.5 Å². The summed E-state index contributed by atoms with van der Waals surface area (Å²) in [4.78, 5) is 7.53. The van der Waals surface area contributed by atoms with Gasteiger partial charge in [-0.3, -0.25) is 4.68 Å². The number of hydrogen-bond donors (Lipinski definition) is 1. The van der Waals surface area contributed by atoms with Gasteiger partial charge in [-0.25, -0.2) is 0 Å². The first-order chi connectivity index (χ1) is 9.20. The Balaban J connectivity index is 1.84. The zero-order chi connectivity index (χ0) is 13.7. The van der Waals surface area contributed by atoms with Gasteiger partial charge >= 0.3 is 0 Å². The van der Waals surface area contributed by atoms with Gasteiger partial charge in [-0.2, -0.15) is 10.1 Å². The summed E-state index contributed by atoms with van der Waals surface area (Å²) in [6.45, 7) is 2.48. The number of nitrogens with one attached hydrogen (secondary N) is 1. The lowest BCUT2D eigenvalue weighted by Crippen LogP contribution is -2.19. The minimum atomic E-state index is 0.709. The van der Waals surface area contributed by atoms with E-state index in [1.165, 1.54) is 0 Å². The SMILES string of the molecule is COc1nc(N(C)C)sc1CNCCn1cccn1. The first-order valence-corrected chi connectivity index (χ1v) is 6.91. The zero-order valence-corrected chi connectivity index (χ0v) is 12.3. The van der Waals surface area contributed by atoms with E-state index < -0.39 is 0 Å². The predicted molar refractivity (Wildman–Crippen MR) is 76.9 cm³/mol. The predicted octanol–water partition coefficient (Wildman–Crippen LogP) is 1.20. The molecule has 19 heavy (non-hydrogen) atoms. The molecule has 0 aliphatic heterocycles. The van der Waals surface area contributed by atoms with E-state index in [0.29, 0.717) is 5.88 Å². The van der Waals surface area contributed by atoms with Crippen molar-refractivity contribution in [2.24, 2.45) is 0 Å². The molecule has 1 N–H and O–H groups in total. The molecule has 2 rings (SSSR count). The lowest BCUT2D eigenvalue weighted by Gasteiger charge is -2.05. The van der Waals surface area contributed by atoms with Gasteiger partial charge in [0.2, 0.25) is 5.88 Å². The van der Waals surface area contributed by atoms with Crippen LogP contribution in [0.15, 0.2) is 18.5 Å².